The van der Waals surface area contributed by atoms with Crippen molar-refractivity contribution in [2.45, 2.75) is 24.5 Å². The molecule has 104 valence electrons. The van der Waals surface area contributed by atoms with Crippen LogP contribution in [0.25, 0.3) is 0 Å². The summed E-state index contributed by atoms with van der Waals surface area (Å²) >= 11 is 5.86. The van der Waals surface area contributed by atoms with E-state index in [1.165, 1.54) is 13.0 Å². The number of Topliss-reactive ketones (excluding diaryl/α,β-unsaturated/α-hetero) is 1. The number of ether oxygens (including phenoxy) is 1. The van der Waals surface area contributed by atoms with E-state index in [0.717, 1.165) is 5.56 Å². The lowest BCUT2D eigenvalue weighted by Gasteiger charge is -2.47. The third-order valence-corrected chi connectivity index (χ3v) is 4.24. The van der Waals surface area contributed by atoms with Crippen LogP contribution in [-0.4, -0.2) is 28.6 Å². The Hall–Kier alpha value is -1.65. The van der Waals surface area contributed by atoms with Crippen LogP contribution in [0.15, 0.2) is 36.4 Å². The monoisotopic (exact) mass is 292 g/mol. The molecule has 1 aromatic rings. The number of carbonyl (C=O) groups is 2. The molecule has 0 saturated carbocycles. The maximum atomic E-state index is 12.0. The minimum Gasteiger partial charge on any atom is -0.455 e. The number of hydrogen-bond donors (Lipinski definition) is 1. The molecular weight excluding hydrogens is 280 g/mol. The number of benzene rings is 1. The van der Waals surface area contributed by atoms with E-state index in [0.29, 0.717) is 5.02 Å². The van der Waals surface area contributed by atoms with Gasteiger partial charge in [0, 0.05) is 10.9 Å². The highest BCUT2D eigenvalue weighted by Gasteiger charge is 2.59. The Morgan fingerprint density at radius 2 is 2.00 bits per heavy atom. The van der Waals surface area contributed by atoms with Crippen LogP contribution in [-0.2, 0) is 14.3 Å². The van der Waals surface area contributed by atoms with Crippen molar-refractivity contribution in [2.24, 2.45) is 5.92 Å². The van der Waals surface area contributed by atoms with Crippen LogP contribution in [0.2, 0.25) is 5.02 Å². The summed E-state index contributed by atoms with van der Waals surface area (Å²) in [6, 6.07) is 7.00. The third-order valence-electron chi connectivity index (χ3n) is 3.99. The zero-order chi connectivity index (χ0) is 14.5. The van der Waals surface area contributed by atoms with Gasteiger partial charge in [0.2, 0.25) is 0 Å². The number of esters is 1. The largest absolute Gasteiger partial charge is 0.455 e. The molecule has 0 spiro atoms. The van der Waals surface area contributed by atoms with Gasteiger partial charge in [0.1, 0.15) is 11.9 Å². The van der Waals surface area contributed by atoms with Gasteiger partial charge in [-0.1, -0.05) is 23.7 Å². The van der Waals surface area contributed by atoms with Crippen LogP contribution in [0, 0.1) is 5.92 Å². The van der Waals surface area contributed by atoms with Gasteiger partial charge < -0.3 is 9.84 Å². The Morgan fingerprint density at radius 1 is 1.35 bits per heavy atom. The minimum atomic E-state index is -1.87. The van der Waals surface area contributed by atoms with Crippen LogP contribution in [0.3, 0.4) is 0 Å². The molecule has 4 nitrogen and oxygen atoms in total. The number of halogens is 1. The van der Waals surface area contributed by atoms with E-state index in [4.69, 9.17) is 16.3 Å². The van der Waals surface area contributed by atoms with Gasteiger partial charge in [-0.3, -0.25) is 4.79 Å². The molecule has 1 fully saturated rings. The standard InChI is InChI=1S/C15H13ClO4/c1-8(17)13-12(9-2-4-10(16)5-3-9)11-6-7-15(13,19)14(18)20-11/h2-7,11-13,19H,1H3/t11-,12+,13-,15-/m1/s1. The second-order valence-electron chi connectivity index (χ2n) is 5.22. The normalized spacial score (nSPS) is 35.0. The van der Waals surface area contributed by atoms with Crippen molar-refractivity contribution >= 4 is 23.4 Å². The highest BCUT2D eigenvalue weighted by molar-refractivity contribution is 6.30. The summed E-state index contributed by atoms with van der Waals surface area (Å²) in [4.78, 5) is 23.8. The van der Waals surface area contributed by atoms with Crippen LogP contribution >= 0.6 is 11.6 Å². The van der Waals surface area contributed by atoms with Gasteiger partial charge >= 0.3 is 5.97 Å². The molecule has 5 heteroatoms. The molecule has 2 heterocycles. The number of aliphatic hydroxyl groups is 1. The van der Waals surface area contributed by atoms with Crippen LogP contribution in [0.1, 0.15) is 18.4 Å². The molecule has 3 aliphatic rings. The summed E-state index contributed by atoms with van der Waals surface area (Å²) in [6.45, 7) is 1.38. The molecule has 2 bridgehead atoms. The average molecular weight is 293 g/mol. The van der Waals surface area contributed by atoms with Gasteiger partial charge in [0.15, 0.2) is 5.60 Å². The summed E-state index contributed by atoms with van der Waals surface area (Å²) in [5, 5.41) is 11.1. The first-order chi connectivity index (χ1) is 9.43. The molecule has 1 aliphatic carbocycles. The SMILES string of the molecule is CC(=O)[C@@H]1[C@@H](c2ccc(Cl)cc2)[C@H]2C=C[C@]1(O)C(=O)O2. The molecule has 20 heavy (non-hydrogen) atoms. The Balaban J connectivity index is 2.11. The van der Waals surface area contributed by atoms with E-state index in [-0.39, 0.29) is 5.78 Å². The molecule has 0 unspecified atom stereocenters. The Labute approximate surface area is 121 Å². The molecule has 0 aromatic heterocycles. The number of ketones is 1. The zero-order valence-corrected chi connectivity index (χ0v) is 11.5. The third kappa shape index (κ3) is 1.79. The maximum absolute atomic E-state index is 12.0. The molecule has 1 N–H and O–H groups in total. The Morgan fingerprint density at radius 3 is 2.55 bits per heavy atom. The molecule has 2 aliphatic heterocycles. The highest BCUT2D eigenvalue weighted by atomic mass is 35.5. The molecule has 4 atom stereocenters. The van der Waals surface area contributed by atoms with Gasteiger partial charge in [0.05, 0.1) is 5.92 Å². The van der Waals surface area contributed by atoms with E-state index in [9.17, 15) is 14.7 Å². The zero-order valence-electron chi connectivity index (χ0n) is 10.7. The molecule has 0 amide bonds. The van der Waals surface area contributed by atoms with Gasteiger partial charge in [0.25, 0.3) is 0 Å². The Kier molecular flexibility index (Phi) is 2.96. The van der Waals surface area contributed by atoms with Gasteiger partial charge in [-0.05, 0) is 36.8 Å². The first kappa shape index (κ1) is 13.3. The topological polar surface area (TPSA) is 63.6 Å². The van der Waals surface area contributed by atoms with Crippen molar-refractivity contribution in [3.05, 3.63) is 47.0 Å². The van der Waals surface area contributed by atoms with E-state index in [1.807, 2.05) is 0 Å². The molecular formula is C15H13ClO4. The second-order valence-corrected chi connectivity index (χ2v) is 5.66. The fraction of sp³-hybridized carbons (Fsp3) is 0.333. The smallest absolute Gasteiger partial charge is 0.343 e. The van der Waals surface area contributed by atoms with Gasteiger partial charge in [-0.25, -0.2) is 4.79 Å². The van der Waals surface area contributed by atoms with Gasteiger partial charge in [-0.15, -0.1) is 0 Å². The fourth-order valence-electron chi connectivity index (χ4n) is 3.08. The molecule has 0 radical (unpaired) electrons. The van der Waals surface area contributed by atoms with Crippen molar-refractivity contribution in [2.75, 3.05) is 0 Å². The average Bonchev–Trinajstić information content (AvgIpc) is 2.40. The number of carbonyl (C=O) groups excluding carboxylic acids is 2. The molecule has 1 saturated heterocycles. The lowest BCUT2D eigenvalue weighted by Crippen LogP contribution is -2.60. The predicted molar refractivity (Wildman–Crippen MR) is 72.3 cm³/mol. The highest BCUT2D eigenvalue weighted by Crippen LogP contribution is 2.47. The molecule has 1 aromatic carbocycles. The minimum absolute atomic E-state index is 0.238. The van der Waals surface area contributed by atoms with E-state index in [1.54, 1.807) is 30.3 Å². The van der Waals surface area contributed by atoms with Crippen molar-refractivity contribution in [3.63, 3.8) is 0 Å². The lowest BCUT2D eigenvalue weighted by molar-refractivity contribution is -0.189. The summed E-state index contributed by atoms with van der Waals surface area (Å²) in [7, 11) is 0. The number of rotatable bonds is 2. The van der Waals surface area contributed by atoms with Crippen LogP contribution in [0.5, 0.6) is 0 Å². The van der Waals surface area contributed by atoms with E-state index >= 15 is 0 Å². The number of hydrogen-bond acceptors (Lipinski definition) is 4. The summed E-state index contributed by atoms with van der Waals surface area (Å²) < 4.78 is 5.20. The lowest BCUT2D eigenvalue weighted by atomic mass is 9.65. The summed E-state index contributed by atoms with van der Waals surface area (Å²) in [5.74, 6) is -2.22. The fourth-order valence-corrected chi connectivity index (χ4v) is 3.21. The second kappa shape index (κ2) is 4.43. The van der Waals surface area contributed by atoms with Crippen molar-refractivity contribution in [1.82, 2.24) is 0 Å². The summed E-state index contributed by atoms with van der Waals surface area (Å²) in [5.41, 5.74) is -1.06. The molecule has 4 rings (SSSR count). The predicted octanol–water partition coefficient (Wildman–Crippen LogP) is 1.86. The van der Waals surface area contributed by atoms with E-state index < -0.39 is 29.5 Å². The van der Waals surface area contributed by atoms with Crippen LogP contribution in [0.4, 0.5) is 0 Å². The summed E-state index contributed by atoms with van der Waals surface area (Å²) in [6.07, 6.45) is 2.48. The van der Waals surface area contributed by atoms with Crippen molar-refractivity contribution in [1.29, 1.82) is 0 Å². The maximum Gasteiger partial charge on any atom is 0.343 e. The van der Waals surface area contributed by atoms with E-state index in [2.05, 4.69) is 0 Å². The van der Waals surface area contributed by atoms with Crippen LogP contribution < -0.4 is 0 Å². The Bertz CT molecular complexity index is 607. The first-order valence-corrected chi connectivity index (χ1v) is 6.70. The number of fused-ring (bicyclic) bond motifs is 2. The first-order valence-electron chi connectivity index (χ1n) is 6.32. The van der Waals surface area contributed by atoms with Gasteiger partial charge in [-0.2, -0.15) is 0 Å². The quantitative estimate of drug-likeness (QED) is 0.667. The van der Waals surface area contributed by atoms with Crippen molar-refractivity contribution in [3.8, 4) is 0 Å². The van der Waals surface area contributed by atoms with Crippen molar-refractivity contribution < 1.29 is 19.4 Å².